The number of carboxylic acid groups (broad SMARTS) is 3. The van der Waals surface area contributed by atoms with Crippen LogP contribution in [-0.4, -0.2) is 147 Å². The van der Waals surface area contributed by atoms with Gasteiger partial charge < -0.3 is 69.3 Å². The molecule has 7 amide bonds. The van der Waals surface area contributed by atoms with E-state index in [9.17, 15) is 63.3 Å². The Kier molecular flexibility index (Phi) is 27.4. The van der Waals surface area contributed by atoms with Gasteiger partial charge in [0, 0.05) is 13.0 Å². The number of hydrogen-bond donors (Lipinski definition) is 12. The molecule has 1 heterocycles. The van der Waals surface area contributed by atoms with E-state index in [1.807, 2.05) is 6.92 Å². The van der Waals surface area contributed by atoms with Crippen molar-refractivity contribution in [3.05, 3.63) is 0 Å². The van der Waals surface area contributed by atoms with Gasteiger partial charge in [0.25, 0.3) is 0 Å². The second-order valence-corrected chi connectivity index (χ2v) is 17.5. The van der Waals surface area contributed by atoms with Gasteiger partial charge >= 0.3 is 17.9 Å². The first kappa shape index (κ1) is 59.6. The average molecular weight is 955 g/mol. The van der Waals surface area contributed by atoms with E-state index in [2.05, 4.69) is 31.9 Å². The van der Waals surface area contributed by atoms with Crippen LogP contribution >= 0.6 is 0 Å². The van der Waals surface area contributed by atoms with Crippen LogP contribution in [0.4, 0.5) is 0 Å². The van der Waals surface area contributed by atoms with Crippen LogP contribution in [0.1, 0.15) is 131 Å². The van der Waals surface area contributed by atoms with Crippen molar-refractivity contribution in [2.24, 2.45) is 35.0 Å². The maximum Gasteiger partial charge on any atom is 0.326 e. The van der Waals surface area contributed by atoms with E-state index < -0.39 is 139 Å². The fourth-order valence-corrected chi connectivity index (χ4v) is 7.40. The highest BCUT2D eigenvalue weighted by atomic mass is 16.4. The molecule has 23 nitrogen and oxygen atoms in total. The molecular formula is C44H78N10O13. The Morgan fingerprint density at radius 3 is 1.49 bits per heavy atom. The lowest BCUT2D eigenvalue weighted by Gasteiger charge is -2.31. The highest BCUT2D eigenvalue weighted by molar-refractivity contribution is 5.98. The predicted octanol–water partition coefficient (Wildman–Crippen LogP) is -0.966. The van der Waals surface area contributed by atoms with Gasteiger partial charge in [0.05, 0.1) is 12.5 Å². The number of carbonyl (C=O) groups is 10. The van der Waals surface area contributed by atoms with Crippen LogP contribution in [0.25, 0.3) is 0 Å². The van der Waals surface area contributed by atoms with Crippen LogP contribution < -0.4 is 49.1 Å². The first-order valence-corrected chi connectivity index (χ1v) is 23.5. The zero-order valence-electron chi connectivity index (χ0n) is 40.0. The summed E-state index contributed by atoms with van der Waals surface area (Å²) in [4.78, 5) is 133. The van der Waals surface area contributed by atoms with Gasteiger partial charge in [0.2, 0.25) is 41.4 Å². The molecular weight excluding hydrogens is 877 g/mol. The first-order valence-electron chi connectivity index (χ1n) is 23.5. The van der Waals surface area contributed by atoms with E-state index in [1.54, 1.807) is 34.6 Å². The molecule has 1 aliphatic rings. The summed E-state index contributed by atoms with van der Waals surface area (Å²) in [7, 11) is 0. The van der Waals surface area contributed by atoms with Gasteiger partial charge in [-0.15, -0.1) is 0 Å². The van der Waals surface area contributed by atoms with Gasteiger partial charge in [-0.1, -0.05) is 60.8 Å². The highest BCUT2D eigenvalue weighted by Crippen LogP contribution is 2.21. The minimum absolute atomic E-state index is 0.0972. The molecule has 0 aromatic rings. The zero-order valence-corrected chi connectivity index (χ0v) is 40.0. The number of rotatable bonds is 33. The summed E-state index contributed by atoms with van der Waals surface area (Å²) in [5.74, 6) is -11.3. The van der Waals surface area contributed by atoms with Crippen molar-refractivity contribution in [3.63, 3.8) is 0 Å². The van der Waals surface area contributed by atoms with Crippen molar-refractivity contribution in [2.45, 2.75) is 180 Å². The SMILES string of the molecule is CC[C@H](C)[C@H](N)C(=O)N1CCC[C@H]1C(=O)N[C@@H](CCC(=O)O)C(=O)N[C@@H](CC(=O)O)C(=O)N[C@H](C(=O)N[C@H](C(=O)N[C@@H](CCCCN)C(=O)N[C@@H](CCCCN)C(=O)O)[C@@H](C)CC)[C@@H](C)CC. The molecule has 0 unspecified atom stereocenters. The Morgan fingerprint density at radius 1 is 0.567 bits per heavy atom. The molecule has 1 aliphatic heterocycles. The minimum Gasteiger partial charge on any atom is -0.481 e. The molecule has 0 bridgehead atoms. The summed E-state index contributed by atoms with van der Waals surface area (Å²) in [6.45, 7) is 11.3. The van der Waals surface area contributed by atoms with E-state index in [0.29, 0.717) is 64.5 Å². The Bertz CT molecular complexity index is 1690. The summed E-state index contributed by atoms with van der Waals surface area (Å²) >= 11 is 0. The van der Waals surface area contributed by atoms with Crippen molar-refractivity contribution in [3.8, 4) is 0 Å². The molecule has 67 heavy (non-hydrogen) atoms. The number of likely N-dealkylation sites (tertiary alicyclic amines) is 1. The van der Waals surface area contributed by atoms with Crippen LogP contribution in [0.5, 0.6) is 0 Å². The Hall–Kier alpha value is -5.42. The fourth-order valence-electron chi connectivity index (χ4n) is 7.40. The number of hydrogen-bond acceptors (Lipinski definition) is 13. The second kappa shape index (κ2) is 30.8. The maximum atomic E-state index is 14.1. The molecule has 1 rings (SSSR count). The summed E-state index contributed by atoms with van der Waals surface area (Å²) in [5, 5.41) is 44.1. The lowest BCUT2D eigenvalue weighted by atomic mass is 9.94. The van der Waals surface area contributed by atoms with E-state index in [4.69, 9.17) is 17.2 Å². The topological polar surface area (TPSA) is 385 Å². The molecule has 1 saturated heterocycles. The molecule has 382 valence electrons. The summed E-state index contributed by atoms with van der Waals surface area (Å²) in [6.07, 6.45) is 1.93. The van der Waals surface area contributed by atoms with Crippen LogP contribution in [0.2, 0.25) is 0 Å². The Morgan fingerprint density at radius 2 is 1.01 bits per heavy atom. The molecule has 0 aromatic carbocycles. The summed E-state index contributed by atoms with van der Waals surface area (Å²) < 4.78 is 0. The molecule has 0 aromatic heterocycles. The Balaban J connectivity index is 3.41. The van der Waals surface area contributed by atoms with Crippen molar-refractivity contribution in [2.75, 3.05) is 19.6 Å². The Labute approximate surface area is 393 Å². The third-order valence-corrected chi connectivity index (χ3v) is 12.4. The molecule has 15 N–H and O–H groups in total. The quantitative estimate of drug-likeness (QED) is 0.0352. The van der Waals surface area contributed by atoms with Gasteiger partial charge in [-0.3, -0.25) is 43.2 Å². The minimum atomic E-state index is -1.85. The van der Waals surface area contributed by atoms with Crippen LogP contribution in [-0.2, 0) is 47.9 Å². The lowest BCUT2D eigenvalue weighted by molar-refractivity contribution is -0.143. The van der Waals surface area contributed by atoms with Crippen molar-refractivity contribution in [1.82, 2.24) is 36.8 Å². The number of nitrogens with zero attached hydrogens (tertiary/aromatic N) is 1. The first-order chi connectivity index (χ1) is 31.6. The van der Waals surface area contributed by atoms with Crippen LogP contribution in [0.15, 0.2) is 0 Å². The van der Waals surface area contributed by atoms with E-state index in [1.165, 1.54) is 4.90 Å². The lowest BCUT2D eigenvalue weighted by Crippen LogP contribution is -2.62. The molecule has 0 radical (unpaired) electrons. The molecule has 0 aliphatic carbocycles. The monoisotopic (exact) mass is 955 g/mol. The van der Waals surface area contributed by atoms with Crippen molar-refractivity contribution >= 4 is 59.3 Å². The molecule has 23 heteroatoms. The van der Waals surface area contributed by atoms with Gasteiger partial charge in [0.15, 0.2) is 0 Å². The number of unbranched alkanes of at least 4 members (excludes halogenated alkanes) is 2. The molecule has 0 spiro atoms. The third-order valence-electron chi connectivity index (χ3n) is 12.4. The highest BCUT2D eigenvalue weighted by Gasteiger charge is 2.40. The number of nitrogens with one attached hydrogen (secondary N) is 6. The summed E-state index contributed by atoms with van der Waals surface area (Å²) in [6, 6.07) is -10.5. The van der Waals surface area contributed by atoms with Crippen LogP contribution in [0, 0.1) is 17.8 Å². The number of carboxylic acids is 3. The van der Waals surface area contributed by atoms with Crippen molar-refractivity contribution in [1.29, 1.82) is 0 Å². The zero-order chi connectivity index (χ0) is 51.0. The summed E-state index contributed by atoms with van der Waals surface area (Å²) in [5.41, 5.74) is 17.4. The third kappa shape index (κ3) is 20.1. The number of aliphatic carboxylic acids is 3. The van der Waals surface area contributed by atoms with Gasteiger partial charge in [-0.25, -0.2) is 4.79 Å². The average Bonchev–Trinajstić information content (AvgIpc) is 3.79. The standard InChI is InChI=1S/C44H78N10O13/c1-7-24(4)34(47)43(65)54-22-14-17-31(54)40(62)48-28(18-19-32(55)56)38(60)51-30(23-33(57)58)39(61)52-36(26(6)9-3)42(64)53-35(25(5)8-2)41(63)49-27(15-10-12-20-45)37(59)50-29(44(66)67)16-11-13-21-46/h24-31,34-36H,7-23,45-47H2,1-6H3,(H,48,62)(H,49,63)(H,50,59)(H,51,60)(H,52,61)(H,53,64)(H,55,56)(H,57,58)(H,66,67)/t24-,25-,26-,27-,28-,29-,30-,31-,34-,35-,36-/m0/s1. The fraction of sp³-hybridized carbons (Fsp3) is 0.773. The smallest absolute Gasteiger partial charge is 0.326 e. The van der Waals surface area contributed by atoms with Crippen molar-refractivity contribution < 1.29 is 63.3 Å². The molecule has 11 atom stereocenters. The normalized spacial score (nSPS) is 18.0. The second-order valence-electron chi connectivity index (χ2n) is 17.5. The number of amides is 7. The van der Waals surface area contributed by atoms with E-state index in [0.717, 1.165) is 0 Å². The maximum absolute atomic E-state index is 14.1. The van der Waals surface area contributed by atoms with Gasteiger partial charge in [0.1, 0.15) is 42.3 Å². The predicted molar refractivity (Wildman–Crippen MR) is 245 cm³/mol. The van der Waals surface area contributed by atoms with E-state index >= 15 is 0 Å². The molecule has 0 saturated carbocycles. The van der Waals surface area contributed by atoms with Crippen LogP contribution in [0.3, 0.4) is 0 Å². The largest absolute Gasteiger partial charge is 0.481 e. The van der Waals surface area contributed by atoms with Gasteiger partial charge in [-0.2, -0.15) is 0 Å². The number of nitrogens with two attached hydrogens (primary N) is 3. The van der Waals surface area contributed by atoms with E-state index in [-0.39, 0.29) is 31.7 Å². The van der Waals surface area contributed by atoms with Gasteiger partial charge in [-0.05, 0) is 88.6 Å². The molecule has 1 fully saturated rings. The number of carbonyl (C=O) groups excluding carboxylic acids is 7.